The lowest BCUT2D eigenvalue weighted by Crippen LogP contribution is -2.45. The molecule has 3 aromatic rings. The van der Waals surface area contributed by atoms with Gasteiger partial charge in [-0.2, -0.15) is 0 Å². The zero-order valence-corrected chi connectivity index (χ0v) is 23.9. The number of aliphatic hydroxyl groups excluding tert-OH is 1. The largest absolute Gasteiger partial charge is 0.491 e. The fraction of sp³-hybridized carbons (Fsp3) is 0.407. The second kappa shape index (κ2) is 12.1. The molecule has 40 heavy (non-hydrogen) atoms. The number of hydrogen-bond acceptors (Lipinski definition) is 11. The number of ether oxygens (including phenoxy) is 2. The van der Waals surface area contributed by atoms with E-state index < -0.39 is 15.9 Å². The van der Waals surface area contributed by atoms with Gasteiger partial charge in [0.15, 0.2) is 14.9 Å². The topological polar surface area (TPSA) is 156 Å². The average Bonchev–Trinajstić information content (AvgIpc) is 2.86. The van der Waals surface area contributed by atoms with Gasteiger partial charge in [0.1, 0.15) is 24.0 Å². The molecule has 0 aromatic carbocycles. The Morgan fingerprint density at radius 1 is 1.15 bits per heavy atom. The number of amides is 1. The van der Waals surface area contributed by atoms with Gasteiger partial charge in [-0.15, -0.1) is 0 Å². The predicted molar refractivity (Wildman–Crippen MR) is 152 cm³/mol. The third kappa shape index (κ3) is 7.64. The molecule has 1 amide bonds. The monoisotopic (exact) mass is 570 g/mol. The van der Waals surface area contributed by atoms with Gasteiger partial charge in [0, 0.05) is 56.2 Å². The van der Waals surface area contributed by atoms with Gasteiger partial charge in [-0.1, -0.05) is 0 Å². The molecule has 0 aliphatic carbocycles. The Morgan fingerprint density at radius 3 is 2.48 bits per heavy atom. The highest BCUT2D eigenvalue weighted by Gasteiger charge is 2.23. The van der Waals surface area contributed by atoms with Crippen molar-refractivity contribution in [2.24, 2.45) is 0 Å². The Kier molecular flexibility index (Phi) is 8.86. The quantitative estimate of drug-likeness (QED) is 0.347. The van der Waals surface area contributed by atoms with Crippen LogP contribution in [0.2, 0.25) is 0 Å². The van der Waals surface area contributed by atoms with E-state index in [2.05, 4.69) is 30.5 Å². The lowest BCUT2D eigenvalue weighted by molar-refractivity contribution is -0.114. The number of rotatable bonds is 9. The second-order valence-electron chi connectivity index (χ2n) is 9.94. The zero-order valence-electron chi connectivity index (χ0n) is 23.1. The summed E-state index contributed by atoms with van der Waals surface area (Å²) >= 11 is 0. The summed E-state index contributed by atoms with van der Waals surface area (Å²) in [5.41, 5.74) is 2.65. The van der Waals surface area contributed by atoms with Crippen LogP contribution in [0, 0.1) is 0 Å². The highest BCUT2D eigenvalue weighted by Crippen LogP contribution is 2.33. The number of carbonyl (C=O) groups is 1. The fourth-order valence-electron chi connectivity index (χ4n) is 4.31. The summed E-state index contributed by atoms with van der Waals surface area (Å²) in [5, 5.41) is 15.2. The molecule has 3 aromatic heterocycles. The normalized spacial score (nSPS) is 18.2. The van der Waals surface area contributed by atoms with Crippen molar-refractivity contribution < 1.29 is 27.8 Å². The number of sulfone groups is 1. The summed E-state index contributed by atoms with van der Waals surface area (Å²) in [6.07, 6.45) is 3.86. The van der Waals surface area contributed by atoms with Gasteiger partial charge in [-0.25, -0.2) is 18.4 Å². The summed E-state index contributed by atoms with van der Waals surface area (Å²) in [6, 6.07) is 8.28. The standard InChI is InChI=1S/C27H34N6O6S/c1-16(34)15-38-21-8-26(32-27(9-21)40(5,36)37)31-24-10-25(30-19(4)35)29-12-22(24)23-7-6-20(11-28-23)33-13-17(2)39-18(3)14-33/h6-12,16-18,34H,13-15H2,1-5H3,(H2,29,30,31,32,35)/t16-,17-,18+/m1/s1. The number of nitrogens with one attached hydrogen (secondary N) is 2. The lowest BCUT2D eigenvalue weighted by Gasteiger charge is -2.36. The zero-order chi connectivity index (χ0) is 29.0. The van der Waals surface area contributed by atoms with Gasteiger partial charge in [-0.3, -0.25) is 9.78 Å². The lowest BCUT2D eigenvalue weighted by atomic mass is 10.1. The Balaban J connectivity index is 1.71. The van der Waals surface area contributed by atoms with E-state index in [1.807, 2.05) is 26.0 Å². The predicted octanol–water partition coefficient (Wildman–Crippen LogP) is 3.02. The van der Waals surface area contributed by atoms with E-state index in [0.717, 1.165) is 25.0 Å². The molecule has 3 N–H and O–H groups in total. The van der Waals surface area contributed by atoms with Gasteiger partial charge in [0.05, 0.1) is 41.6 Å². The maximum absolute atomic E-state index is 12.3. The third-order valence-corrected chi connectivity index (χ3v) is 6.89. The molecule has 0 saturated carbocycles. The number of carbonyl (C=O) groups excluding carboxylic acids is 1. The van der Waals surface area contributed by atoms with E-state index in [9.17, 15) is 18.3 Å². The number of hydrogen-bond donors (Lipinski definition) is 3. The molecule has 4 rings (SSSR count). The molecule has 4 heterocycles. The van der Waals surface area contributed by atoms with Crippen molar-refractivity contribution in [3.63, 3.8) is 0 Å². The number of nitrogens with zero attached hydrogens (tertiary/aromatic N) is 4. The van der Waals surface area contributed by atoms with Crippen LogP contribution in [-0.2, 0) is 19.4 Å². The van der Waals surface area contributed by atoms with Crippen LogP contribution in [0.5, 0.6) is 5.75 Å². The van der Waals surface area contributed by atoms with Crippen molar-refractivity contribution in [3.8, 4) is 17.0 Å². The van der Waals surface area contributed by atoms with Gasteiger partial charge >= 0.3 is 0 Å². The molecule has 0 radical (unpaired) electrons. The molecule has 1 aliphatic heterocycles. The van der Waals surface area contributed by atoms with Gasteiger partial charge in [0.25, 0.3) is 0 Å². The van der Waals surface area contributed by atoms with Crippen LogP contribution in [0.1, 0.15) is 27.7 Å². The van der Waals surface area contributed by atoms with Crippen molar-refractivity contribution in [1.29, 1.82) is 0 Å². The van der Waals surface area contributed by atoms with Crippen molar-refractivity contribution in [2.75, 3.05) is 41.5 Å². The number of anilines is 4. The Morgan fingerprint density at radius 2 is 1.88 bits per heavy atom. The Labute approximate surface area is 233 Å². The van der Waals surface area contributed by atoms with Crippen LogP contribution in [-0.4, -0.2) is 78.6 Å². The first-order valence-corrected chi connectivity index (χ1v) is 14.7. The highest BCUT2D eigenvalue weighted by molar-refractivity contribution is 7.90. The number of pyridine rings is 3. The maximum atomic E-state index is 12.3. The van der Waals surface area contributed by atoms with Gasteiger partial charge in [-0.05, 0) is 32.9 Å². The van der Waals surface area contributed by atoms with Gasteiger partial charge < -0.3 is 30.1 Å². The molecule has 1 saturated heterocycles. The van der Waals surface area contributed by atoms with Crippen molar-refractivity contribution in [3.05, 3.63) is 42.7 Å². The molecular formula is C27H34N6O6S. The Hall–Kier alpha value is -3.81. The minimum Gasteiger partial charge on any atom is -0.491 e. The third-order valence-electron chi connectivity index (χ3n) is 5.93. The van der Waals surface area contributed by atoms with E-state index in [1.165, 1.54) is 19.1 Å². The summed E-state index contributed by atoms with van der Waals surface area (Å²) in [6.45, 7) is 8.50. The summed E-state index contributed by atoms with van der Waals surface area (Å²) in [4.78, 5) is 27.2. The van der Waals surface area contributed by atoms with Crippen LogP contribution < -0.4 is 20.3 Å². The number of aromatic nitrogens is 3. The molecule has 13 heteroatoms. The van der Waals surface area contributed by atoms with E-state index in [4.69, 9.17) is 9.47 Å². The SMILES string of the molecule is CC(=O)Nc1cc(Nc2cc(OC[C@@H](C)O)cc(S(C)(=O)=O)n2)c(-c2ccc(N3C[C@@H](C)O[C@@H](C)C3)cn2)cn1. The fourth-order valence-corrected chi connectivity index (χ4v) is 4.90. The molecule has 1 fully saturated rings. The summed E-state index contributed by atoms with van der Waals surface area (Å²) in [7, 11) is -3.68. The van der Waals surface area contributed by atoms with Crippen LogP contribution in [0.3, 0.4) is 0 Å². The minimum atomic E-state index is -3.68. The average molecular weight is 571 g/mol. The Bertz CT molecular complexity index is 1450. The van der Waals surface area contributed by atoms with Crippen molar-refractivity contribution >= 4 is 38.8 Å². The van der Waals surface area contributed by atoms with E-state index in [1.54, 1.807) is 25.4 Å². The smallest absolute Gasteiger partial charge is 0.222 e. The van der Waals surface area contributed by atoms with Crippen LogP contribution in [0.4, 0.5) is 23.0 Å². The molecule has 0 unspecified atom stereocenters. The first kappa shape index (κ1) is 29.2. The molecule has 1 aliphatic rings. The second-order valence-corrected chi connectivity index (χ2v) is 11.9. The van der Waals surface area contributed by atoms with E-state index in [0.29, 0.717) is 16.9 Å². The van der Waals surface area contributed by atoms with Crippen LogP contribution in [0.15, 0.2) is 47.8 Å². The molecule has 3 atom stereocenters. The first-order valence-electron chi connectivity index (χ1n) is 12.8. The minimum absolute atomic E-state index is 0.0309. The molecule has 214 valence electrons. The first-order chi connectivity index (χ1) is 18.9. The van der Waals surface area contributed by atoms with Crippen LogP contribution >= 0.6 is 0 Å². The molecule has 0 bridgehead atoms. The summed E-state index contributed by atoms with van der Waals surface area (Å²) < 4.78 is 36.0. The van der Waals surface area contributed by atoms with E-state index >= 15 is 0 Å². The van der Waals surface area contributed by atoms with Crippen LogP contribution in [0.25, 0.3) is 11.3 Å². The highest BCUT2D eigenvalue weighted by atomic mass is 32.2. The van der Waals surface area contributed by atoms with Gasteiger partial charge in [0.2, 0.25) is 5.91 Å². The molecule has 0 spiro atoms. The summed E-state index contributed by atoms with van der Waals surface area (Å²) in [5.74, 6) is 0.385. The maximum Gasteiger partial charge on any atom is 0.222 e. The molecular weight excluding hydrogens is 536 g/mol. The number of morpholine rings is 1. The van der Waals surface area contributed by atoms with E-state index in [-0.39, 0.29) is 47.1 Å². The number of aliphatic hydroxyl groups is 1. The van der Waals surface area contributed by atoms with Crippen molar-refractivity contribution in [1.82, 2.24) is 15.0 Å². The van der Waals surface area contributed by atoms with Crippen molar-refractivity contribution in [2.45, 2.75) is 51.0 Å². The molecule has 12 nitrogen and oxygen atoms in total.